The second-order valence-electron chi connectivity index (χ2n) is 3.25. The summed E-state index contributed by atoms with van der Waals surface area (Å²) in [5.74, 6) is 0.915. The number of halogens is 1. The van der Waals surface area contributed by atoms with E-state index in [-0.39, 0.29) is 0 Å². The molecule has 0 fully saturated rings. The highest BCUT2D eigenvalue weighted by Crippen LogP contribution is 2.19. The van der Waals surface area contributed by atoms with Crippen molar-refractivity contribution in [1.82, 2.24) is 4.98 Å². The Morgan fingerprint density at radius 1 is 1.60 bits per heavy atom. The van der Waals surface area contributed by atoms with Gasteiger partial charge >= 0.3 is 0 Å². The van der Waals surface area contributed by atoms with Gasteiger partial charge in [-0.25, -0.2) is 4.98 Å². The highest BCUT2D eigenvalue weighted by Gasteiger charge is 2.08. The molecule has 0 atom stereocenters. The molecule has 0 unspecified atom stereocenters. The minimum atomic E-state index is 0.485. The van der Waals surface area contributed by atoms with Gasteiger partial charge in [-0.1, -0.05) is 0 Å². The first-order chi connectivity index (χ1) is 7.19. The molecule has 2 N–H and O–H groups in total. The minimum Gasteiger partial charge on any atom is -0.383 e. The number of likely N-dealkylation sites (N-methyl/N-ethyl adjacent to an activating group) is 1. The lowest BCUT2D eigenvalue weighted by molar-refractivity contribution is 0.206. The molecule has 1 aromatic heterocycles. The number of hydrogen-bond donors (Lipinski definition) is 1. The fourth-order valence-corrected chi connectivity index (χ4v) is 1.68. The standard InChI is InChI=1S/C10H16BrN3O/c1-14(3-4-15-2)10-8(6-12)5-9(11)7-13-10/h5,7H,3-4,6,12H2,1-2H3. The Bertz CT molecular complexity index is 320. The molecular formula is C10H16BrN3O. The molecule has 0 aromatic carbocycles. The first-order valence-corrected chi connectivity index (χ1v) is 5.53. The number of ether oxygens (including phenoxy) is 1. The molecule has 0 amide bonds. The van der Waals surface area contributed by atoms with Crippen LogP contribution < -0.4 is 10.6 Å². The highest BCUT2D eigenvalue weighted by molar-refractivity contribution is 9.10. The Kier molecular flexibility index (Phi) is 5.01. The first-order valence-electron chi connectivity index (χ1n) is 4.73. The SMILES string of the molecule is COCCN(C)c1ncc(Br)cc1CN. The van der Waals surface area contributed by atoms with Crippen LogP contribution in [-0.4, -0.2) is 32.3 Å². The van der Waals surface area contributed by atoms with Crippen molar-refractivity contribution in [3.05, 3.63) is 22.3 Å². The molecule has 4 nitrogen and oxygen atoms in total. The molecule has 0 saturated heterocycles. The Balaban J connectivity index is 2.82. The fraction of sp³-hybridized carbons (Fsp3) is 0.500. The number of hydrogen-bond acceptors (Lipinski definition) is 4. The van der Waals surface area contributed by atoms with Crippen molar-refractivity contribution in [2.75, 3.05) is 32.2 Å². The van der Waals surface area contributed by atoms with Gasteiger partial charge in [-0.05, 0) is 22.0 Å². The molecule has 0 bridgehead atoms. The Morgan fingerprint density at radius 2 is 2.33 bits per heavy atom. The van der Waals surface area contributed by atoms with Crippen LogP contribution in [0.2, 0.25) is 0 Å². The van der Waals surface area contributed by atoms with E-state index in [1.165, 1.54) is 0 Å². The lowest BCUT2D eigenvalue weighted by atomic mass is 10.2. The molecule has 0 aliphatic heterocycles. The maximum atomic E-state index is 5.67. The number of aromatic nitrogens is 1. The number of anilines is 1. The van der Waals surface area contributed by atoms with Gasteiger partial charge in [0.15, 0.2) is 0 Å². The van der Waals surface area contributed by atoms with E-state index < -0.39 is 0 Å². The van der Waals surface area contributed by atoms with Gasteiger partial charge in [0.25, 0.3) is 0 Å². The summed E-state index contributed by atoms with van der Waals surface area (Å²) in [7, 11) is 3.67. The van der Waals surface area contributed by atoms with Crippen LogP contribution in [0.15, 0.2) is 16.7 Å². The van der Waals surface area contributed by atoms with E-state index >= 15 is 0 Å². The highest BCUT2D eigenvalue weighted by atomic mass is 79.9. The molecule has 1 rings (SSSR count). The van der Waals surface area contributed by atoms with Crippen LogP contribution >= 0.6 is 15.9 Å². The second-order valence-corrected chi connectivity index (χ2v) is 4.17. The van der Waals surface area contributed by atoms with Crippen LogP contribution in [0.25, 0.3) is 0 Å². The monoisotopic (exact) mass is 273 g/mol. The molecule has 0 saturated carbocycles. The van der Waals surface area contributed by atoms with Gasteiger partial charge < -0.3 is 15.4 Å². The summed E-state index contributed by atoms with van der Waals surface area (Å²) in [6.07, 6.45) is 1.78. The van der Waals surface area contributed by atoms with E-state index in [0.717, 1.165) is 22.4 Å². The van der Waals surface area contributed by atoms with Gasteiger partial charge in [-0.15, -0.1) is 0 Å². The van der Waals surface area contributed by atoms with Gasteiger partial charge in [-0.2, -0.15) is 0 Å². The molecule has 0 radical (unpaired) electrons. The maximum Gasteiger partial charge on any atom is 0.132 e. The number of nitrogens with two attached hydrogens (primary N) is 1. The Morgan fingerprint density at radius 3 is 2.93 bits per heavy atom. The van der Waals surface area contributed by atoms with Crippen molar-refractivity contribution in [3.8, 4) is 0 Å². The lowest BCUT2D eigenvalue weighted by Crippen LogP contribution is -2.24. The molecule has 15 heavy (non-hydrogen) atoms. The van der Waals surface area contributed by atoms with Crippen molar-refractivity contribution >= 4 is 21.7 Å². The summed E-state index contributed by atoms with van der Waals surface area (Å²) in [6, 6.07) is 1.99. The van der Waals surface area contributed by atoms with Crippen LogP contribution in [0.5, 0.6) is 0 Å². The van der Waals surface area contributed by atoms with Crippen molar-refractivity contribution in [2.45, 2.75) is 6.54 Å². The summed E-state index contributed by atoms with van der Waals surface area (Å²) < 4.78 is 5.97. The van der Waals surface area contributed by atoms with Crippen molar-refractivity contribution in [2.24, 2.45) is 5.73 Å². The maximum absolute atomic E-state index is 5.67. The van der Waals surface area contributed by atoms with Crippen LogP contribution in [0, 0.1) is 0 Å². The van der Waals surface area contributed by atoms with E-state index in [0.29, 0.717) is 13.2 Å². The minimum absolute atomic E-state index is 0.485. The average Bonchev–Trinajstić information content (AvgIpc) is 2.25. The summed E-state index contributed by atoms with van der Waals surface area (Å²) >= 11 is 3.38. The van der Waals surface area contributed by atoms with Crippen LogP contribution in [0.1, 0.15) is 5.56 Å². The normalized spacial score (nSPS) is 10.4. The molecule has 84 valence electrons. The largest absolute Gasteiger partial charge is 0.383 e. The summed E-state index contributed by atoms with van der Waals surface area (Å²) in [4.78, 5) is 6.39. The third-order valence-electron chi connectivity index (χ3n) is 2.12. The predicted octanol–water partition coefficient (Wildman–Crippen LogP) is 1.39. The molecule has 1 aromatic rings. The first kappa shape index (κ1) is 12.4. The van der Waals surface area contributed by atoms with E-state index in [2.05, 4.69) is 20.9 Å². The molecule has 5 heteroatoms. The van der Waals surface area contributed by atoms with E-state index in [9.17, 15) is 0 Å². The second kappa shape index (κ2) is 6.05. The van der Waals surface area contributed by atoms with Crippen molar-refractivity contribution in [3.63, 3.8) is 0 Å². The number of rotatable bonds is 5. The van der Waals surface area contributed by atoms with Crippen LogP contribution in [0.3, 0.4) is 0 Å². The van der Waals surface area contributed by atoms with Gasteiger partial charge in [-0.3, -0.25) is 0 Å². The predicted molar refractivity (Wildman–Crippen MR) is 65.0 cm³/mol. The van der Waals surface area contributed by atoms with Crippen molar-refractivity contribution < 1.29 is 4.74 Å². The molecule has 0 spiro atoms. The Labute approximate surface area is 98.6 Å². The molecule has 1 heterocycles. The van der Waals surface area contributed by atoms with E-state index in [4.69, 9.17) is 10.5 Å². The number of nitrogens with zero attached hydrogens (tertiary/aromatic N) is 2. The van der Waals surface area contributed by atoms with Gasteiger partial charge in [0.05, 0.1) is 6.61 Å². The quantitative estimate of drug-likeness (QED) is 0.881. The number of pyridine rings is 1. The molecule has 0 aliphatic rings. The Hall–Kier alpha value is -0.650. The summed E-state index contributed by atoms with van der Waals surface area (Å²) in [5, 5.41) is 0. The van der Waals surface area contributed by atoms with Gasteiger partial charge in [0, 0.05) is 43.5 Å². The topological polar surface area (TPSA) is 51.4 Å². The van der Waals surface area contributed by atoms with Crippen LogP contribution in [-0.2, 0) is 11.3 Å². The third kappa shape index (κ3) is 3.44. The zero-order valence-corrected chi connectivity index (χ0v) is 10.6. The zero-order chi connectivity index (χ0) is 11.3. The smallest absolute Gasteiger partial charge is 0.132 e. The van der Waals surface area contributed by atoms with Gasteiger partial charge in [0.2, 0.25) is 0 Å². The van der Waals surface area contributed by atoms with Gasteiger partial charge in [0.1, 0.15) is 5.82 Å². The fourth-order valence-electron chi connectivity index (χ4n) is 1.30. The van der Waals surface area contributed by atoms with E-state index in [1.54, 1.807) is 13.3 Å². The average molecular weight is 274 g/mol. The number of methoxy groups -OCH3 is 1. The van der Waals surface area contributed by atoms with Crippen molar-refractivity contribution in [1.29, 1.82) is 0 Å². The molecule has 0 aliphatic carbocycles. The summed E-state index contributed by atoms with van der Waals surface area (Å²) in [5.41, 5.74) is 6.70. The van der Waals surface area contributed by atoms with E-state index in [1.807, 2.05) is 18.0 Å². The molecular weight excluding hydrogens is 258 g/mol. The summed E-state index contributed by atoms with van der Waals surface area (Å²) in [6.45, 7) is 1.97. The lowest BCUT2D eigenvalue weighted by Gasteiger charge is -2.20. The van der Waals surface area contributed by atoms with Crippen LogP contribution in [0.4, 0.5) is 5.82 Å². The zero-order valence-electron chi connectivity index (χ0n) is 9.03. The third-order valence-corrected chi connectivity index (χ3v) is 2.56.